The van der Waals surface area contributed by atoms with Crippen molar-refractivity contribution in [1.82, 2.24) is 0 Å². The number of aryl methyl sites for hydroxylation is 1. The van der Waals surface area contributed by atoms with Gasteiger partial charge < -0.3 is 10.5 Å². The lowest BCUT2D eigenvalue weighted by Crippen LogP contribution is -2.14. The fraction of sp³-hybridized carbons (Fsp3) is 0.294. The van der Waals surface area contributed by atoms with Crippen LogP contribution in [0.25, 0.3) is 0 Å². The van der Waals surface area contributed by atoms with Gasteiger partial charge in [0.1, 0.15) is 5.75 Å². The van der Waals surface area contributed by atoms with Crippen molar-refractivity contribution < 1.29 is 4.74 Å². The Morgan fingerprint density at radius 2 is 1.95 bits per heavy atom. The van der Waals surface area contributed by atoms with E-state index in [0.29, 0.717) is 6.61 Å². The van der Waals surface area contributed by atoms with Crippen molar-refractivity contribution in [3.8, 4) is 5.75 Å². The summed E-state index contributed by atoms with van der Waals surface area (Å²) in [6.07, 6.45) is 0.987. The van der Waals surface area contributed by atoms with E-state index in [0.717, 1.165) is 27.8 Å². The Labute approximate surface area is 129 Å². The molecule has 0 aliphatic heterocycles. The van der Waals surface area contributed by atoms with Crippen molar-refractivity contribution in [1.29, 1.82) is 0 Å². The predicted molar refractivity (Wildman–Crippen MR) is 87.1 cm³/mol. The van der Waals surface area contributed by atoms with Gasteiger partial charge in [-0.3, -0.25) is 0 Å². The number of para-hydroxylation sites is 1. The van der Waals surface area contributed by atoms with Crippen LogP contribution in [0.15, 0.2) is 46.9 Å². The van der Waals surface area contributed by atoms with Crippen LogP contribution < -0.4 is 10.5 Å². The Balaban J connectivity index is 2.32. The standard InChI is InChI=1S/C17H20BrNO/c1-3-10-20-16-7-5-4-6-14(16)17(19)13-8-9-15(18)12(2)11-13/h4-9,11,17H,3,10,19H2,1-2H3. The monoisotopic (exact) mass is 333 g/mol. The third-order valence-electron chi connectivity index (χ3n) is 3.26. The van der Waals surface area contributed by atoms with E-state index in [1.54, 1.807) is 0 Å². The lowest BCUT2D eigenvalue weighted by atomic mass is 9.97. The molecule has 20 heavy (non-hydrogen) atoms. The maximum absolute atomic E-state index is 6.41. The number of hydrogen-bond donors (Lipinski definition) is 1. The zero-order chi connectivity index (χ0) is 14.5. The summed E-state index contributed by atoms with van der Waals surface area (Å²) in [5.74, 6) is 0.877. The molecule has 0 saturated carbocycles. The molecule has 0 amide bonds. The van der Waals surface area contributed by atoms with Crippen molar-refractivity contribution >= 4 is 15.9 Å². The van der Waals surface area contributed by atoms with Crippen molar-refractivity contribution in [2.45, 2.75) is 26.3 Å². The van der Waals surface area contributed by atoms with E-state index in [1.165, 1.54) is 5.56 Å². The molecule has 2 nitrogen and oxygen atoms in total. The number of nitrogens with two attached hydrogens (primary N) is 1. The summed E-state index contributed by atoms with van der Waals surface area (Å²) in [4.78, 5) is 0. The molecule has 0 spiro atoms. The topological polar surface area (TPSA) is 35.2 Å². The summed E-state index contributed by atoms with van der Waals surface area (Å²) in [5, 5.41) is 0. The molecule has 2 rings (SSSR count). The SMILES string of the molecule is CCCOc1ccccc1C(N)c1ccc(Br)c(C)c1. The van der Waals surface area contributed by atoms with Crippen LogP contribution in [0.1, 0.15) is 36.1 Å². The van der Waals surface area contributed by atoms with Crippen LogP contribution in [0.4, 0.5) is 0 Å². The molecule has 2 N–H and O–H groups in total. The highest BCUT2D eigenvalue weighted by molar-refractivity contribution is 9.10. The first kappa shape index (κ1) is 15.1. The number of benzene rings is 2. The van der Waals surface area contributed by atoms with Gasteiger partial charge in [0.15, 0.2) is 0 Å². The number of rotatable bonds is 5. The maximum Gasteiger partial charge on any atom is 0.124 e. The minimum Gasteiger partial charge on any atom is -0.493 e. The zero-order valence-corrected chi connectivity index (χ0v) is 13.5. The van der Waals surface area contributed by atoms with Crippen LogP contribution in [0.2, 0.25) is 0 Å². The Morgan fingerprint density at radius 3 is 2.65 bits per heavy atom. The number of hydrogen-bond acceptors (Lipinski definition) is 2. The highest BCUT2D eigenvalue weighted by Gasteiger charge is 2.14. The third kappa shape index (κ3) is 3.41. The molecule has 0 bridgehead atoms. The van der Waals surface area contributed by atoms with E-state index in [-0.39, 0.29) is 6.04 Å². The normalized spacial score (nSPS) is 12.2. The molecule has 1 unspecified atom stereocenters. The average molecular weight is 334 g/mol. The summed E-state index contributed by atoms with van der Waals surface area (Å²) in [6.45, 7) is 4.88. The summed E-state index contributed by atoms with van der Waals surface area (Å²) >= 11 is 3.52. The van der Waals surface area contributed by atoms with Gasteiger partial charge in [-0.2, -0.15) is 0 Å². The minimum absolute atomic E-state index is 0.171. The van der Waals surface area contributed by atoms with Crippen molar-refractivity contribution in [2.24, 2.45) is 5.73 Å². The van der Waals surface area contributed by atoms with E-state index in [1.807, 2.05) is 30.3 Å². The first-order valence-corrected chi connectivity index (χ1v) is 7.66. The van der Waals surface area contributed by atoms with Crippen LogP contribution in [-0.2, 0) is 0 Å². The van der Waals surface area contributed by atoms with Crippen LogP contribution >= 0.6 is 15.9 Å². The lowest BCUT2D eigenvalue weighted by Gasteiger charge is -2.18. The van der Waals surface area contributed by atoms with Crippen molar-refractivity contribution in [3.05, 3.63) is 63.6 Å². The molecule has 0 aliphatic rings. The quantitative estimate of drug-likeness (QED) is 0.868. The zero-order valence-electron chi connectivity index (χ0n) is 11.9. The van der Waals surface area contributed by atoms with Crippen LogP contribution in [0.3, 0.4) is 0 Å². The van der Waals surface area contributed by atoms with Gasteiger partial charge in [-0.1, -0.05) is 53.2 Å². The molecule has 2 aromatic carbocycles. The molecule has 1 atom stereocenters. The largest absolute Gasteiger partial charge is 0.493 e. The predicted octanol–water partition coefficient (Wildman–Crippen LogP) is 4.59. The van der Waals surface area contributed by atoms with Crippen molar-refractivity contribution in [3.63, 3.8) is 0 Å². The van der Waals surface area contributed by atoms with Crippen LogP contribution in [-0.4, -0.2) is 6.61 Å². The van der Waals surface area contributed by atoms with Gasteiger partial charge in [-0.15, -0.1) is 0 Å². The first-order valence-electron chi connectivity index (χ1n) is 6.86. The molecule has 0 heterocycles. The van der Waals surface area contributed by atoms with E-state index in [9.17, 15) is 0 Å². The third-order valence-corrected chi connectivity index (χ3v) is 4.15. The molecule has 106 valence electrons. The molecule has 0 radical (unpaired) electrons. The van der Waals surface area contributed by atoms with Crippen molar-refractivity contribution in [2.75, 3.05) is 6.61 Å². The van der Waals surface area contributed by atoms with Gasteiger partial charge >= 0.3 is 0 Å². The van der Waals surface area contributed by atoms with Gasteiger partial charge in [-0.25, -0.2) is 0 Å². The molecule has 3 heteroatoms. The van der Waals surface area contributed by atoms with E-state index in [2.05, 4.69) is 41.9 Å². The first-order chi connectivity index (χ1) is 9.63. The fourth-order valence-corrected chi connectivity index (χ4v) is 2.37. The van der Waals surface area contributed by atoms with Gasteiger partial charge in [0.25, 0.3) is 0 Å². The second-order valence-electron chi connectivity index (χ2n) is 4.87. The van der Waals surface area contributed by atoms with Crippen LogP contribution in [0, 0.1) is 6.92 Å². The average Bonchev–Trinajstić information content (AvgIpc) is 2.47. The van der Waals surface area contributed by atoms with Gasteiger partial charge in [0, 0.05) is 10.0 Å². The summed E-state index contributed by atoms with van der Waals surface area (Å²) in [5.41, 5.74) is 9.72. The number of halogens is 1. The fourth-order valence-electron chi connectivity index (χ4n) is 2.12. The Hall–Kier alpha value is -1.32. The summed E-state index contributed by atoms with van der Waals surface area (Å²) in [7, 11) is 0. The molecule has 0 aromatic heterocycles. The summed E-state index contributed by atoms with van der Waals surface area (Å²) < 4.78 is 6.89. The second-order valence-corrected chi connectivity index (χ2v) is 5.73. The van der Waals surface area contributed by atoms with Gasteiger partial charge in [-0.05, 0) is 36.6 Å². The Kier molecular flexibility index (Phi) is 5.21. The smallest absolute Gasteiger partial charge is 0.124 e. The molecular weight excluding hydrogens is 314 g/mol. The highest BCUT2D eigenvalue weighted by Crippen LogP contribution is 2.30. The molecule has 0 fully saturated rings. The van der Waals surface area contributed by atoms with E-state index < -0.39 is 0 Å². The summed E-state index contributed by atoms with van der Waals surface area (Å²) in [6, 6.07) is 14.0. The minimum atomic E-state index is -0.171. The maximum atomic E-state index is 6.41. The Bertz CT molecular complexity index is 583. The van der Waals surface area contributed by atoms with Gasteiger partial charge in [0.2, 0.25) is 0 Å². The highest BCUT2D eigenvalue weighted by atomic mass is 79.9. The van der Waals surface area contributed by atoms with E-state index in [4.69, 9.17) is 10.5 Å². The van der Waals surface area contributed by atoms with Gasteiger partial charge in [0.05, 0.1) is 12.6 Å². The van der Waals surface area contributed by atoms with E-state index >= 15 is 0 Å². The molecular formula is C17H20BrNO. The Morgan fingerprint density at radius 1 is 1.20 bits per heavy atom. The molecule has 2 aromatic rings. The number of ether oxygens (including phenoxy) is 1. The second kappa shape index (κ2) is 6.91. The molecule has 0 aliphatic carbocycles. The molecule has 0 saturated heterocycles. The lowest BCUT2D eigenvalue weighted by molar-refractivity contribution is 0.313. The van der Waals surface area contributed by atoms with Crippen LogP contribution in [0.5, 0.6) is 5.75 Å².